The summed E-state index contributed by atoms with van der Waals surface area (Å²) < 4.78 is 0. The number of nitrogens with one attached hydrogen (secondary N) is 2. The molecule has 30 heavy (non-hydrogen) atoms. The zero-order valence-electron chi connectivity index (χ0n) is 15.3. The third kappa shape index (κ3) is 2.99. The zero-order chi connectivity index (χ0) is 20.7. The van der Waals surface area contributed by atoms with Gasteiger partial charge in [-0.3, -0.25) is 20.2 Å². The van der Waals surface area contributed by atoms with E-state index in [1.54, 1.807) is 24.5 Å². The SMILES string of the molecule is O=[N+]([O-])c1ccc2c(c1)C(c1ccccc1Cl)=Nc1c(n[nH]c1-c1ccncc1)N2. The molecule has 3 heterocycles. The fraction of sp³-hybridized carbons (Fsp3) is 0. The lowest BCUT2D eigenvalue weighted by molar-refractivity contribution is -0.384. The minimum Gasteiger partial charge on any atom is -0.336 e. The molecule has 1 aliphatic rings. The molecule has 0 unspecified atom stereocenters. The second-order valence-electron chi connectivity index (χ2n) is 6.58. The molecule has 0 fully saturated rings. The van der Waals surface area contributed by atoms with Crippen LogP contribution in [0.1, 0.15) is 11.1 Å². The van der Waals surface area contributed by atoms with Crippen molar-refractivity contribution in [3.8, 4) is 11.3 Å². The second-order valence-corrected chi connectivity index (χ2v) is 6.99. The van der Waals surface area contributed by atoms with Gasteiger partial charge in [0.05, 0.1) is 16.3 Å². The topological polar surface area (TPSA) is 109 Å². The van der Waals surface area contributed by atoms with E-state index in [2.05, 4.69) is 20.5 Å². The molecular weight excluding hydrogens is 404 g/mol. The molecule has 2 aromatic carbocycles. The number of fused-ring (bicyclic) bond motifs is 2. The third-order valence-electron chi connectivity index (χ3n) is 4.78. The molecule has 0 saturated carbocycles. The Balaban J connectivity index is 1.80. The quantitative estimate of drug-likeness (QED) is 0.308. The van der Waals surface area contributed by atoms with Crippen LogP contribution in [0, 0.1) is 10.1 Å². The van der Waals surface area contributed by atoms with Gasteiger partial charge in [0.2, 0.25) is 0 Å². The Bertz CT molecular complexity index is 1320. The molecule has 0 aliphatic carbocycles. The maximum Gasteiger partial charge on any atom is 0.270 e. The van der Waals surface area contributed by atoms with Crippen molar-refractivity contribution in [3.63, 3.8) is 0 Å². The van der Waals surface area contributed by atoms with E-state index in [1.807, 2.05) is 30.3 Å². The number of nitro benzene ring substituents is 1. The highest BCUT2D eigenvalue weighted by molar-refractivity contribution is 6.36. The molecule has 4 aromatic rings. The van der Waals surface area contributed by atoms with E-state index in [0.29, 0.717) is 44.7 Å². The van der Waals surface area contributed by atoms with Crippen molar-refractivity contribution in [2.24, 2.45) is 4.99 Å². The van der Waals surface area contributed by atoms with Crippen molar-refractivity contribution >= 4 is 40.2 Å². The number of H-pyrrole nitrogens is 1. The maximum atomic E-state index is 11.4. The standard InChI is InChI=1S/C21H13ClN6O2/c22-16-4-2-1-3-14(16)19-15-11-13(28(29)30)5-6-17(15)24-21-20(25-19)18(26-27-21)12-7-9-23-10-8-12/h1-11H,(H2,24,26,27). The van der Waals surface area contributed by atoms with Gasteiger partial charge in [-0.1, -0.05) is 29.8 Å². The number of halogens is 1. The number of aliphatic imine (C=N–C) groups is 1. The van der Waals surface area contributed by atoms with Gasteiger partial charge in [-0.2, -0.15) is 5.10 Å². The summed E-state index contributed by atoms with van der Waals surface area (Å²) in [4.78, 5) is 19.9. The molecule has 0 spiro atoms. The van der Waals surface area contributed by atoms with Crippen LogP contribution in [0.5, 0.6) is 0 Å². The van der Waals surface area contributed by atoms with Crippen molar-refractivity contribution < 1.29 is 4.92 Å². The summed E-state index contributed by atoms with van der Waals surface area (Å²) >= 11 is 6.47. The molecule has 146 valence electrons. The van der Waals surface area contributed by atoms with Crippen LogP contribution < -0.4 is 5.32 Å². The molecule has 2 N–H and O–H groups in total. The molecule has 9 heteroatoms. The second kappa shape index (κ2) is 7.09. The Kier molecular flexibility index (Phi) is 4.26. The van der Waals surface area contributed by atoms with Gasteiger partial charge < -0.3 is 5.32 Å². The molecule has 0 radical (unpaired) electrons. The molecule has 8 nitrogen and oxygen atoms in total. The van der Waals surface area contributed by atoms with Crippen molar-refractivity contribution in [2.75, 3.05) is 5.32 Å². The smallest absolute Gasteiger partial charge is 0.270 e. The van der Waals surface area contributed by atoms with Gasteiger partial charge in [0.15, 0.2) is 5.82 Å². The normalized spacial score (nSPS) is 12.2. The fourth-order valence-electron chi connectivity index (χ4n) is 3.36. The van der Waals surface area contributed by atoms with Crippen LogP contribution in [-0.2, 0) is 0 Å². The minimum atomic E-state index is -0.434. The first-order valence-electron chi connectivity index (χ1n) is 9.00. The van der Waals surface area contributed by atoms with Gasteiger partial charge in [-0.25, -0.2) is 4.99 Å². The monoisotopic (exact) mass is 416 g/mol. The predicted octanol–water partition coefficient (Wildman–Crippen LogP) is 5.26. The van der Waals surface area contributed by atoms with Crippen LogP contribution >= 0.6 is 11.6 Å². The summed E-state index contributed by atoms with van der Waals surface area (Å²) in [7, 11) is 0. The Morgan fingerprint density at radius 2 is 1.80 bits per heavy atom. The fourth-order valence-corrected chi connectivity index (χ4v) is 3.59. The Hall–Kier alpha value is -4.04. The first kappa shape index (κ1) is 18.0. The first-order chi connectivity index (χ1) is 14.6. The van der Waals surface area contributed by atoms with E-state index in [0.717, 1.165) is 5.56 Å². The number of non-ortho nitro benzene ring substituents is 1. The lowest BCUT2D eigenvalue weighted by atomic mass is 10.00. The number of rotatable bonds is 3. The summed E-state index contributed by atoms with van der Waals surface area (Å²) in [5.41, 5.74) is 4.49. The van der Waals surface area contributed by atoms with Crippen LogP contribution in [0.15, 0.2) is 72.0 Å². The lowest BCUT2D eigenvalue weighted by Crippen LogP contribution is -2.07. The number of nitro groups is 1. The van der Waals surface area contributed by atoms with Crippen molar-refractivity contribution in [1.29, 1.82) is 0 Å². The molecular formula is C21H13ClN6O2. The van der Waals surface area contributed by atoms with E-state index in [4.69, 9.17) is 16.6 Å². The third-order valence-corrected chi connectivity index (χ3v) is 5.11. The highest BCUT2D eigenvalue weighted by atomic mass is 35.5. The molecule has 2 aromatic heterocycles. The van der Waals surface area contributed by atoms with Gasteiger partial charge in [-0.15, -0.1) is 0 Å². The number of pyridine rings is 1. The predicted molar refractivity (Wildman–Crippen MR) is 115 cm³/mol. The van der Waals surface area contributed by atoms with Crippen molar-refractivity contribution in [2.45, 2.75) is 0 Å². The van der Waals surface area contributed by atoms with E-state index < -0.39 is 4.92 Å². The molecule has 5 rings (SSSR count). The largest absolute Gasteiger partial charge is 0.336 e. The molecule has 0 atom stereocenters. The average molecular weight is 417 g/mol. The highest BCUT2D eigenvalue weighted by Gasteiger charge is 2.25. The van der Waals surface area contributed by atoms with E-state index >= 15 is 0 Å². The van der Waals surface area contributed by atoms with Crippen molar-refractivity contribution in [3.05, 3.63) is 93.3 Å². The Labute approximate surface area is 175 Å². The van der Waals surface area contributed by atoms with E-state index in [-0.39, 0.29) is 5.69 Å². The molecule has 0 bridgehead atoms. The maximum absolute atomic E-state index is 11.4. The van der Waals surface area contributed by atoms with Crippen LogP contribution in [-0.4, -0.2) is 25.8 Å². The van der Waals surface area contributed by atoms with Gasteiger partial charge in [0, 0.05) is 51.9 Å². The first-order valence-corrected chi connectivity index (χ1v) is 9.38. The van der Waals surface area contributed by atoms with Gasteiger partial charge in [0.25, 0.3) is 5.69 Å². The summed E-state index contributed by atoms with van der Waals surface area (Å²) in [6.45, 7) is 0. The number of hydrogen-bond acceptors (Lipinski definition) is 6. The molecule has 1 aliphatic heterocycles. The summed E-state index contributed by atoms with van der Waals surface area (Å²) in [6.07, 6.45) is 3.37. The molecule has 0 amide bonds. The number of anilines is 2. The van der Waals surface area contributed by atoms with Crippen LogP contribution in [0.4, 0.5) is 22.9 Å². The number of aromatic nitrogens is 3. The van der Waals surface area contributed by atoms with E-state index in [1.165, 1.54) is 12.1 Å². The number of hydrogen-bond donors (Lipinski definition) is 2. The minimum absolute atomic E-state index is 0.0363. The van der Waals surface area contributed by atoms with E-state index in [9.17, 15) is 10.1 Å². The van der Waals surface area contributed by atoms with Crippen LogP contribution in [0.2, 0.25) is 5.02 Å². The number of aromatic amines is 1. The van der Waals surface area contributed by atoms with Gasteiger partial charge in [-0.05, 0) is 24.3 Å². The average Bonchev–Trinajstić information content (AvgIpc) is 3.08. The summed E-state index contributed by atoms with van der Waals surface area (Å²) in [5.74, 6) is 0.513. The van der Waals surface area contributed by atoms with Crippen LogP contribution in [0.25, 0.3) is 11.3 Å². The van der Waals surface area contributed by atoms with Gasteiger partial charge in [0.1, 0.15) is 5.69 Å². The van der Waals surface area contributed by atoms with Crippen LogP contribution in [0.3, 0.4) is 0 Å². The summed E-state index contributed by atoms with van der Waals surface area (Å²) in [5, 5.41) is 22.5. The zero-order valence-corrected chi connectivity index (χ0v) is 16.1. The summed E-state index contributed by atoms with van der Waals surface area (Å²) in [6, 6.07) is 15.5. The number of nitrogens with zero attached hydrogens (tertiary/aromatic N) is 4. The van der Waals surface area contributed by atoms with Crippen molar-refractivity contribution in [1.82, 2.24) is 15.2 Å². The lowest BCUT2D eigenvalue weighted by Gasteiger charge is -2.11. The highest BCUT2D eigenvalue weighted by Crippen LogP contribution is 2.41. The molecule has 0 saturated heterocycles. The van der Waals surface area contributed by atoms with Gasteiger partial charge >= 0.3 is 0 Å². The number of benzene rings is 2. The Morgan fingerprint density at radius 3 is 2.57 bits per heavy atom. The Morgan fingerprint density at radius 1 is 1.00 bits per heavy atom.